The predicted molar refractivity (Wildman–Crippen MR) is 77.7 cm³/mol. The Kier molecular flexibility index (Phi) is 5.79. The van der Waals surface area contributed by atoms with Crippen LogP contribution in [-0.2, 0) is 0 Å². The van der Waals surface area contributed by atoms with Gasteiger partial charge in [0, 0.05) is 6.54 Å². The minimum Gasteiger partial charge on any atom is -0.406 e. The standard InChI is InChI=1S/C14H26N4O2/c1-3-8-15-11(2)13-16-17-14(20-13)18-9-6-4-5-7-12(18)10-19/h11-12,15,19H,3-10H2,1-2H3. The van der Waals surface area contributed by atoms with Gasteiger partial charge in [-0.1, -0.05) is 24.9 Å². The molecule has 6 nitrogen and oxygen atoms in total. The SMILES string of the molecule is CCCNC(C)c1nnc(N2CCCCCC2CO)o1. The highest BCUT2D eigenvalue weighted by molar-refractivity contribution is 5.27. The van der Waals surface area contributed by atoms with Crippen LogP contribution in [-0.4, -0.2) is 41.0 Å². The molecule has 6 heteroatoms. The van der Waals surface area contributed by atoms with Gasteiger partial charge in [0.05, 0.1) is 18.7 Å². The van der Waals surface area contributed by atoms with Crippen LogP contribution in [0.5, 0.6) is 0 Å². The molecule has 2 heterocycles. The van der Waals surface area contributed by atoms with E-state index in [0.717, 1.165) is 38.8 Å². The first-order valence-electron chi connectivity index (χ1n) is 7.70. The van der Waals surface area contributed by atoms with Crippen LogP contribution in [0.1, 0.15) is 57.9 Å². The third kappa shape index (κ3) is 3.70. The maximum Gasteiger partial charge on any atom is 0.318 e. The van der Waals surface area contributed by atoms with E-state index in [4.69, 9.17) is 4.42 Å². The van der Waals surface area contributed by atoms with Crippen molar-refractivity contribution < 1.29 is 9.52 Å². The largest absolute Gasteiger partial charge is 0.406 e. The number of anilines is 1. The fourth-order valence-electron chi connectivity index (χ4n) is 2.58. The fourth-order valence-corrected chi connectivity index (χ4v) is 2.58. The number of aromatic nitrogens is 2. The molecule has 0 amide bonds. The van der Waals surface area contributed by atoms with Crippen LogP contribution in [0.25, 0.3) is 0 Å². The van der Waals surface area contributed by atoms with Crippen molar-refractivity contribution in [3.8, 4) is 0 Å². The Balaban J connectivity index is 2.05. The molecular weight excluding hydrogens is 256 g/mol. The van der Waals surface area contributed by atoms with Crippen LogP contribution in [0.4, 0.5) is 6.01 Å². The summed E-state index contributed by atoms with van der Waals surface area (Å²) in [4.78, 5) is 2.07. The molecular formula is C14H26N4O2. The Morgan fingerprint density at radius 2 is 2.25 bits per heavy atom. The van der Waals surface area contributed by atoms with Crippen molar-refractivity contribution >= 4 is 6.01 Å². The van der Waals surface area contributed by atoms with Crippen LogP contribution < -0.4 is 10.2 Å². The van der Waals surface area contributed by atoms with E-state index in [1.54, 1.807) is 0 Å². The highest BCUT2D eigenvalue weighted by Crippen LogP contribution is 2.24. The summed E-state index contributed by atoms with van der Waals surface area (Å²) >= 11 is 0. The molecule has 2 unspecified atom stereocenters. The average Bonchev–Trinajstić information content (AvgIpc) is 2.83. The van der Waals surface area contributed by atoms with Gasteiger partial charge < -0.3 is 19.7 Å². The zero-order chi connectivity index (χ0) is 14.4. The lowest BCUT2D eigenvalue weighted by molar-refractivity contribution is 0.250. The lowest BCUT2D eigenvalue weighted by atomic mass is 10.1. The molecule has 1 aliphatic heterocycles. The van der Waals surface area contributed by atoms with Gasteiger partial charge in [-0.2, -0.15) is 0 Å². The van der Waals surface area contributed by atoms with Crippen LogP contribution in [0.2, 0.25) is 0 Å². The molecule has 2 rings (SSSR count). The predicted octanol–water partition coefficient (Wildman–Crippen LogP) is 1.87. The van der Waals surface area contributed by atoms with E-state index in [9.17, 15) is 5.11 Å². The molecule has 1 aromatic heterocycles. The molecule has 0 spiro atoms. The number of hydrogen-bond donors (Lipinski definition) is 2. The molecule has 0 bridgehead atoms. The van der Waals surface area contributed by atoms with Crippen molar-refractivity contribution in [2.24, 2.45) is 0 Å². The number of hydrogen-bond acceptors (Lipinski definition) is 6. The second kappa shape index (κ2) is 7.59. The van der Waals surface area contributed by atoms with Crippen molar-refractivity contribution in [2.45, 2.75) is 58.0 Å². The van der Waals surface area contributed by atoms with Gasteiger partial charge in [-0.15, -0.1) is 5.10 Å². The maximum atomic E-state index is 9.54. The Labute approximate surface area is 120 Å². The molecule has 1 saturated heterocycles. The Morgan fingerprint density at radius 3 is 3.00 bits per heavy atom. The zero-order valence-electron chi connectivity index (χ0n) is 12.5. The first-order chi connectivity index (χ1) is 9.76. The molecule has 20 heavy (non-hydrogen) atoms. The first-order valence-corrected chi connectivity index (χ1v) is 7.70. The summed E-state index contributed by atoms with van der Waals surface area (Å²) in [7, 11) is 0. The Morgan fingerprint density at radius 1 is 1.40 bits per heavy atom. The van der Waals surface area contributed by atoms with E-state index in [1.807, 2.05) is 6.92 Å². The fraction of sp³-hybridized carbons (Fsp3) is 0.857. The van der Waals surface area contributed by atoms with Crippen molar-refractivity contribution in [1.29, 1.82) is 0 Å². The van der Waals surface area contributed by atoms with Crippen LogP contribution >= 0.6 is 0 Å². The van der Waals surface area contributed by atoms with Crippen LogP contribution in [0, 0.1) is 0 Å². The lowest BCUT2D eigenvalue weighted by Crippen LogP contribution is -2.37. The number of aliphatic hydroxyl groups is 1. The van der Waals surface area contributed by atoms with E-state index in [2.05, 4.69) is 27.3 Å². The third-order valence-electron chi connectivity index (χ3n) is 3.83. The second-order valence-corrected chi connectivity index (χ2v) is 5.48. The van der Waals surface area contributed by atoms with Gasteiger partial charge in [-0.05, 0) is 32.7 Å². The summed E-state index contributed by atoms with van der Waals surface area (Å²) in [5, 5.41) is 21.2. The van der Waals surface area contributed by atoms with Crippen molar-refractivity contribution in [2.75, 3.05) is 24.6 Å². The molecule has 0 radical (unpaired) electrons. The van der Waals surface area contributed by atoms with E-state index in [-0.39, 0.29) is 18.7 Å². The van der Waals surface area contributed by atoms with Gasteiger partial charge in [-0.3, -0.25) is 0 Å². The molecule has 2 atom stereocenters. The van der Waals surface area contributed by atoms with E-state index in [1.165, 1.54) is 6.42 Å². The van der Waals surface area contributed by atoms with Gasteiger partial charge >= 0.3 is 6.01 Å². The third-order valence-corrected chi connectivity index (χ3v) is 3.83. The smallest absolute Gasteiger partial charge is 0.318 e. The summed E-state index contributed by atoms with van der Waals surface area (Å²) in [6.07, 6.45) is 5.51. The first kappa shape index (κ1) is 15.3. The van der Waals surface area contributed by atoms with Crippen molar-refractivity contribution in [3.05, 3.63) is 5.89 Å². The number of nitrogens with zero attached hydrogens (tertiary/aromatic N) is 3. The molecule has 1 fully saturated rings. The highest BCUT2D eigenvalue weighted by atomic mass is 16.4. The van der Waals surface area contributed by atoms with E-state index in [0.29, 0.717) is 11.9 Å². The Bertz CT molecular complexity index is 396. The summed E-state index contributed by atoms with van der Waals surface area (Å²) in [6, 6.07) is 0.714. The monoisotopic (exact) mass is 282 g/mol. The minimum absolute atomic E-state index is 0.0655. The van der Waals surface area contributed by atoms with Gasteiger partial charge in [-0.25, -0.2) is 0 Å². The molecule has 114 valence electrons. The topological polar surface area (TPSA) is 74.4 Å². The van der Waals surface area contributed by atoms with Gasteiger partial charge in [0.2, 0.25) is 5.89 Å². The zero-order valence-corrected chi connectivity index (χ0v) is 12.5. The quantitative estimate of drug-likeness (QED) is 0.829. The second-order valence-electron chi connectivity index (χ2n) is 5.48. The maximum absolute atomic E-state index is 9.54. The highest BCUT2D eigenvalue weighted by Gasteiger charge is 2.25. The molecule has 2 N–H and O–H groups in total. The molecule has 1 aromatic rings. The van der Waals surface area contributed by atoms with Gasteiger partial charge in [0.1, 0.15) is 0 Å². The number of aliphatic hydroxyl groups excluding tert-OH is 1. The van der Waals surface area contributed by atoms with Crippen molar-refractivity contribution in [3.63, 3.8) is 0 Å². The van der Waals surface area contributed by atoms with Gasteiger partial charge in [0.25, 0.3) is 0 Å². The normalized spacial score (nSPS) is 21.8. The summed E-state index contributed by atoms with van der Waals surface area (Å²) < 4.78 is 5.80. The summed E-state index contributed by atoms with van der Waals surface area (Å²) in [5.41, 5.74) is 0. The Hall–Kier alpha value is -1.14. The minimum atomic E-state index is 0.0655. The van der Waals surface area contributed by atoms with E-state index >= 15 is 0 Å². The molecule has 1 aliphatic rings. The average molecular weight is 282 g/mol. The molecule has 0 aromatic carbocycles. The summed E-state index contributed by atoms with van der Waals surface area (Å²) in [6.45, 7) is 6.10. The molecule has 0 saturated carbocycles. The summed E-state index contributed by atoms with van der Waals surface area (Å²) in [5.74, 6) is 0.620. The number of rotatable bonds is 6. The lowest BCUT2D eigenvalue weighted by Gasteiger charge is -2.26. The van der Waals surface area contributed by atoms with Crippen LogP contribution in [0.15, 0.2) is 4.42 Å². The van der Waals surface area contributed by atoms with Gasteiger partial charge in [0.15, 0.2) is 0 Å². The number of nitrogens with one attached hydrogen (secondary N) is 1. The van der Waals surface area contributed by atoms with Crippen molar-refractivity contribution in [1.82, 2.24) is 15.5 Å². The van der Waals surface area contributed by atoms with E-state index < -0.39 is 0 Å². The molecule has 0 aliphatic carbocycles. The van der Waals surface area contributed by atoms with Crippen LogP contribution in [0.3, 0.4) is 0 Å².